The molecule has 6 heteroatoms. The van der Waals surface area contributed by atoms with E-state index in [1.807, 2.05) is 32.8 Å². The van der Waals surface area contributed by atoms with Gasteiger partial charge in [-0.25, -0.2) is 9.18 Å². The number of rotatable bonds is 8. The maximum absolute atomic E-state index is 13.1. The van der Waals surface area contributed by atoms with E-state index in [1.54, 1.807) is 19.1 Å². The molecule has 0 saturated heterocycles. The summed E-state index contributed by atoms with van der Waals surface area (Å²) in [7, 11) is 3.81. The van der Waals surface area contributed by atoms with Gasteiger partial charge in [-0.2, -0.15) is 0 Å². The average Bonchev–Trinajstić information content (AvgIpc) is 2.53. The molecule has 3 N–H and O–H groups in total. The van der Waals surface area contributed by atoms with Crippen molar-refractivity contribution in [3.05, 3.63) is 35.6 Å². The molecule has 0 aliphatic heterocycles. The van der Waals surface area contributed by atoms with Gasteiger partial charge in [0.1, 0.15) is 5.82 Å². The highest BCUT2D eigenvalue weighted by molar-refractivity contribution is 5.73. The number of nitrogens with zero attached hydrogens (tertiary/aromatic N) is 1. The molecular formula is C18H30FN3O2. The first-order chi connectivity index (χ1) is 11.2. The molecule has 2 amide bonds. The van der Waals surface area contributed by atoms with Crippen molar-refractivity contribution in [2.24, 2.45) is 5.92 Å². The molecule has 1 rings (SSSR count). The maximum Gasteiger partial charge on any atom is 0.314 e. The van der Waals surface area contributed by atoms with E-state index in [0.717, 1.165) is 12.0 Å². The lowest BCUT2D eigenvalue weighted by molar-refractivity contribution is 0.00788. The summed E-state index contributed by atoms with van der Waals surface area (Å²) in [6.45, 7) is 6.26. The molecule has 3 unspecified atom stereocenters. The number of urea groups is 1. The highest BCUT2D eigenvalue weighted by atomic mass is 19.1. The van der Waals surface area contributed by atoms with E-state index in [0.29, 0.717) is 6.54 Å². The van der Waals surface area contributed by atoms with Crippen LogP contribution in [0.15, 0.2) is 24.3 Å². The maximum atomic E-state index is 13.1. The Morgan fingerprint density at radius 2 is 1.88 bits per heavy atom. The number of hydrogen-bond acceptors (Lipinski definition) is 3. The van der Waals surface area contributed by atoms with Crippen LogP contribution in [0.4, 0.5) is 9.18 Å². The first-order valence-corrected chi connectivity index (χ1v) is 8.33. The van der Waals surface area contributed by atoms with E-state index < -0.39 is 5.60 Å². The van der Waals surface area contributed by atoms with Gasteiger partial charge in [0.05, 0.1) is 11.6 Å². The van der Waals surface area contributed by atoms with Gasteiger partial charge < -0.3 is 20.6 Å². The number of nitrogens with one attached hydrogen (secondary N) is 2. The van der Waals surface area contributed by atoms with Crippen LogP contribution in [0.3, 0.4) is 0 Å². The van der Waals surface area contributed by atoms with Gasteiger partial charge >= 0.3 is 6.03 Å². The predicted octanol–water partition coefficient (Wildman–Crippen LogP) is 2.52. The Morgan fingerprint density at radius 3 is 2.38 bits per heavy atom. The van der Waals surface area contributed by atoms with Crippen molar-refractivity contribution in [1.82, 2.24) is 15.5 Å². The zero-order chi connectivity index (χ0) is 18.3. The fourth-order valence-electron chi connectivity index (χ4n) is 2.41. The normalized spacial score (nSPS) is 16.3. The Bertz CT molecular complexity index is 518. The van der Waals surface area contributed by atoms with Crippen LogP contribution in [0.25, 0.3) is 0 Å². The van der Waals surface area contributed by atoms with E-state index in [9.17, 15) is 14.3 Å². The van der Waals surface area contributed by atoms with Gasteiger partial charge in [0.25, 0.3) is 0 Å². The summed E-state index contributed by atoms with van der Waals surface area (Å²) in [6.07, 6.45) is 0.837. The number of aliphatic hydroxyl groups is 1. The van der Waals surface area contributed by atoms with E-state index in [2.05, 4.69) is 10.6 Å². The van der Waals surface area contributed by atoms with Gasteiger partial charge in [-0.15, -0.1) is 0 Å². The SMILES string of the molecule is CCC(C)C(C)(O)CNC(=O)NCC(c1ccc(F)cc1)N(C)C. The molecular weight excluding hydrogens is 309 g/mol. The Labute approximate surface area is 144 Å². The van der Waals surface area contributed by atoms with Crippen molar-refractivity contribution in [2.75, 3.05) is 27.2 Å². The second-order valence-corrected chi connectivity index (χ2v) is 6.76. The van der Waals surface area contributed by atoms with Crippen molar-refractivity contribution in [2.45, 2.75) is 38.8 Å². The standard InChI is InChI=1S/C18H30FN3O2/c1-6-13(2)18(3,24)12-21-17(23)20-11-16(22(4)5)14-7-9-15(19)10-8-14/h7-10,13,16,24H,6,11-12H2,1-5H3,(H2,20,21,23). The summed E-state index contributed by atoms with van der Waals surface area (Å²) in [5.41, 5.74) is -0.0161. The van der Waals surface area contributed by atoms with Crippen LogP contribution in [-0.2, 0) is 0 Å². The highest BCUT2D eigenvalue weighted by Crippen LogP contribution is 2.19. The van der Waals surface area contributed by atoms with Crippen molar-refractivity contribution in [1.29, 1.82) is 0 Å². The minimum absolute atomic E-state index is 0.0635. The van der Waals surface area contributed by atoms with Crippen LogP contribution < -0.4 is 10.6 Å². The molecule has 0 bridgehead atoms. The van der Waals surface area contributed by atoms with Crippen LogP contribution >= 0.6 is 0 Å². The molecule has 3 atom stereocenters. The smallest absolute Gasteiger partial charge is 0.314 e. The summed E-state index contributed by atoms with van der Waals surface area (Å²) in [5.74, 6) is -0.194. The third-order valence-electron chi connectivity index (χ3n) is 4.61. The number of likely N-dealkylation sites (N-methyl/N-ethyl adjacent to an activating group) is 1. The molecule has 0 aromatic heterocycles. The van der Waals surface area contributed by atoms with Crippen LogP contribution in [0.5, 0.6) is 0 Å². The Morgan fingerprint density at radius 1 is 1.29 bits per heavy atom. The summed E-state index contributed by atoms with van der Waals surface area (Å²) >= 11 is 0. The second-order valence-electron chi connectivity index (χ2n) is 6.76. The van der Waals surface area contributed by atoms with Gasteiger partial charge in [-0.3, -0.25) is 0 Å². The Balaban J connectivity index is 2.55. The second kappa shape index (κ2) is 8.99. The van der Waals surface area contributed by atoms with Gasteiger partial charge in [-0.05, 0) is 44.6 Å². The van der Waals surface area contributed by atoms with E-state index >= 15 is 0 Å². The van der Waals surface area contributed by atoms with Crippen molar-refractivity contribution >= 4 is 6.03 Å². The Hall–Kier alpha value is -1.66. The molecule has 24 heavy (non-hydrogen) atoms. The quantitative estimate of drug-likeness (QED) is 0.682. The lowest BCUT2D eigenvalue weighted by atomic mass is 9.89. The lowest BCUT2D eigenvalue weighted by Gasteiger charge is -2.30. The van der Waals surface area contributed by atoms with Crippen LogP contribution in [0.1, 0.15) is 38.8 Å². The van der Waals surface area contributed by atoms with Gasteiger partial charge in [0.15, 0.2) is 0 Å². The number of carbonyl (C=O) groups is 1. The molecule has 1 aromatic carbocycles. The fourth-order valence-corrected chi connectivity index (χ4v) is 2.41. The first-order valence-electron chi connectivity index (χ1n) is 8.33. The Kier molecular flexibility index (Phi) is 7.63. The topological polar surface area (TPSA) is 64.6 Å². The molecule has 5 nitrogen and oxygen atoms in total. The molecule has 0 fully saturated rings. The third kappa shape index (κ3) is 6.09. The van der Waals surface area contributed by atoms with Crippen molar-refractivity contribution in [3.8, 4) is 0 Å². The first kappa shape index (κ1) is 20.4. The molecule has 0 spiro atoms. The average molecular weight is 339 g/mol. The zero-order valence-corrected chi connectivity index (χ0v) is 15.3. The summed E-state index contributed by atoms with van der Waals surface area (Å²) < 4.78 is 13.1. The monoisotopic (exact) mass is 339 g/mol. The summed E-state index contributed by atoms with van der Waals surface area (Å²) in [4.78, 5) is 14.0. The predicted molar refractivity (Wildman–Crippen MR) is 94.3 cm³/mol. The summed E-state index contributed by atoms with van der Waals surface area (Å²) in [6, 6.07) is 5.87. The molecule has 0 aliphatic carbocycles. The van der Waals surface area contributed by atoms with E-state index in [-0.39, 0.29) is 30.4 Å². The van der Waals surface area contributed by atoms with E-state index in [1.165, 1.54) is 12.1 Å². The van der Waals surface area contributed by atoms with Crippen molar-refractivity contribution < 1.29 is 14.3 Å². The number of carbonyl (C=O) groups excluding carboxylic acids is 1. The lowest BCUT2D eigenvalue weighted by Crippen LogP contribution is -2.49. The van der Waals surface area contributed by atoms with Gasteiger partial charge in [0, 0.05) is 13.1 Å². The van der Waals surface area contributed by atoms with E-state index in [4.69, 9.17) is 0 Å². The highest BCUT2D eigenvalue weighted by Gasteiger charge is 2.27. The third-order valence-corrected chi connectivity index (χ3v) is 4.61. The number of benzene rings is 1. The number of amides is 2. The zero-order valence-electron chi connectivity index (χ0n) is 15.3. The van der Waals surface area contributed by atoms with Gasteiger partial charge in [0.2, 0.25) is 0 Å². The largest absolute Gasteiger partial charge is 0.388 e. The number of hydrogen-bond donors (Lipinski definition) is 3. The molecule has 0 saturated carbocycles. The minimum Gasteiger partial charge on any atom is -0.388 e. The van der Waals surface area contributed by atoms with Crippen molar-refractivity contribution in [3.63, 3.8) is 0 Å². The molecule has 0 aliphatic rings. The van der Waals surface area contributed by atoms with Crippen LogP contribution in [0.2, 0.25) is 0 Å². The molecule has 1 aromatic rings. The van der Waals surface area contributed by atoms with Crippen LogP contribution in [-0.4, -0.2) is 48.8 Å². The molecule has 0 radical (unpaired) electrons. The number of halogens is 1. The minimum atomic E-state index is -0.940. The summed E-state index contributed by atoms with van der Waals surface area (Å²) in [5, 5.41) is 15.8. The molecule has 136 valence electrons. The van der Waals surface area contributed by atoms with Crippen LogP contribution in [0, 0.1) is 11.7 Å². The van der Waals surface area contributed by atoms with Gasteiger partial charge in [-0.1, -0.05) is 32.4 Å². The fraction of sp³-hybridized carbons (Fsp3) is 0.611. The molecule has 0 heterocycles.